The van der Waals surface area contributed by atoms with Crippen molar-refractivity contribution >= 4 is 23.3 Å². The van der Waals surface area contributed by atoms with Crippen molar-refractivity contribution in [3.63, 3.8) is 0 Å². The number of likely N-dealkylation sites (tertiary alicyclic amines) is 2. The number of nitrogens with zero attached hydrogens (tertiary/aromatic N) is 2. The van der Waals surface area contributed by atoms with E-state index in [1.54, 1.807) is 17.0 Å². The first-order chi connectivity index (χ1) is 16.9. The van der Waals surface area contributed by atoms with Crippen LogP contribution in [0.1, 0.15) is 24.8 Å². The van der Waals surface area contributed by atoms with Gasteiger partial charge in [-0.25, -0.2) is 4.79 Å². The van der Waals surface area contributed by atoms with Gasteiger partial charge >= 0.3 is 6.03 Å². The largest absolute Gasteiger partial charge is 0.489 e. The number of hydrogen-bond acceptors (Lipinski definition) is 6. The third-order valence-corrected chi connectivity index (χ3v) is 7.34. The van der Waals surface area contributed by atoms with Crippen molar-refractivity contribution < 1.29 is 24.5 Å². The van der Waals surface area contributed by atoms with Gasteiger partial charge in [-0.05, 0) is 42.3 Å². The van der Waals surface area contributed by atoms with Crippen molar-refractivity contribution in [1.82, 2.24) is 9.80 Å². The van der Waals surface area contributed by atoms with Crippen molar-refractivity contribution in [3.05, 3.63) is 53.1 Å². The van der Waals surface area contributed by atoms with Crippen LogP contribution in [-0.2, 0) is 6.42 Å². The van der Waals surface area contributed by atoms with Gasteiger partial charge in [0.2, 0.25) is 0 Å². The van der Waals surface area contributed by atoms with Crippen LogP contribution in [0, 0.1) is 0 Å². The number of halogens is 1. The zero-order valence-corrected chi connectivity index (χ0v) is 20.4. The summed E-state index contributed by atoms with van der Waals surface area (Å²) in [4.78, 5) is 16.3. The molecule has 2 atom stereocenters. The molecule has 0 aliphatic carbocycles. The Bertz CT molecular complexity index is 1060. The summed E-state index contributed by atoms with van der Waals surface area (Å²) in [7, 11) is 0. The second-order valence-corrected chi connectivity index (χ2v) is 10.2. The van der Waals surface area contributed by atoms with E-state index in [2.05, 4.69) is 10.2 Å². The van der Waals surface area contributed by atoms with Crippen molar-refractivity contribution in [1.29, 1.82) is 0 Å². The molecule has 2 amide bonds. The molecule has 3 aliphatic heterocycles. The first-order valence-electron chi connectivity index (χ1n) is 12.2. The Morgan fingerprint density at radius 3 is 2.80 bits per heavy atom. The first-order valence-corrected chi connectivity index (χ1v) is 12.6. The van der Waals surface area contributed by atoms with Crippen molar-refractivity contribution in [2.75, 3.05) is 44.6 Å². The number of nitrogens with one attached hydrogen (secondary N) is 1. The Morgan fingerprint density at radius 1 is 1.23 bits per heavy atom. The molecule has 35 heavy (non-hydrogen) atoms. The SMILES string of the molecule is O=C(Nc1ccccc1OC[C@H](O)CN1CCC2(CC1)Cc1cc(Cl)ccc1O2)N1CC[C@H](O)C1. The van der Waals surface area contributed by atoms with Crippen LogP contribution in [0.2, 0.25) is 5.02 Å². The molecule has 3 aliphatic rings. The summed E-state index contributed by atoms with van der Waals surface area (Å²) in [5, 5.41) is 23.9. The van der Waals surface area contributed by atoms with E-state index < -0.39 is 12.2 Å². The van der Waals surface area contributed by atoms with E-state index in [0.29, 0.717) is 37.5 Å². The normalized spacial score (nSPS) is 22.0. The van der Waals surface area contributed by atoms with Gasteiger partial charge in [-0.15, -0.1) is 0 Å². The third-order valence-electron chi connectivity index (χ3n) is 7.11. The van der Waals surface area contributed by atoms with Gasteiger partial charge in [0.25, 0.3) is 0 Å². The lowest BCUT2D eigenvalue weighted by Crippen LogP contribution is -2.49. The Labute approximate surface area is 210 Å². The van der Waals surface area contributed by atoms with Crippen LogP contribution in [0.4, 0.5) is 10.5 Å². The molecule has 5 rings (SSSR count). The van der Waals surface area contributed by atoms with Crippen molar-refractivity contribution in [2.24, 2.45) is 0 Å². The van der Waals surface area contributed by atoms with E-state index in [-0.39, 0.29) is 18.2 Å². The number of ether oxygens (including phenoxy) is 2. The maximum absolute atomic E-state index is 12.5. The van der Waals surface area contributed by atoms with E-state index in [0.717, 1.165) is 43.1 Å². The summed E-state index contributed by atoms with van der Waals surface area (Å²) in [6.45, 7) is 3.17. The fourth-order valence-electron chi connectivity index (χ4n) is 5.18. The number of benzene rings is 2. The second kappa shape index (κ2) is 10.2. The molecule has 2 aromatic rings. The number of piperidine rings is 1. The molecule has 3 N–H and O–H groups in total. The molecule has 9 heteroatoms. The maximum Gasteiger partial charge on any atom is 0.322 e. The Balaban J connectivity index is 1.09. The lowest BCUT2D eigenvalue weighted by atomic mass is 9.87. The summed E-state index contributed by atoms with van der Waals surface area (Å²) >= 11 is 6.14. The number of rotatable bonds is 6. The van der Waals surface area contributed by atoms with Crippen LogP contribution in [0.5, 0.6) is 11.5 Å². The molecular weight excluding hydrogens is 470 g/mol. The number of hydrogen-bond donors (Lipinski definition) is 3. The summed E-state index contributed by atoms with van der Waals surface area (Å²) in [5.41, 5.74) is 1.54. The van der Waals surface area contributed by atoms with Gasteiger partial charge in [0.15, 0.2) is 0 Å². The van der Waals surface area contributed by atoms with Crippen LogP contribution in [0.25, 0.3) is 0 Å². The highest BCUT2D eigenvalue weighted by atomic mass is 35.5. The molecule has 0 radical (unpaired) electrons. The molecule has 2 fully saturated rings. The average molecular weight is 502 g/mol. The third kappa shape index (κ3) is 5.67. The van der Waals surface area contributed by atoms with Gasteiger partial charge in [-0.1, -0.05) is 23.7 Å². The van der Waals surface area contributed by atoms with Gasteiger partial charge in [-0.2, -0.15) is 0 Å². The number of carbonyl (C=O) groups excluding carboxylic acids is 1. The van der Waals surface area contributed by atoms with E-state index in [1.807, 2.05) is 30.3 Å². The Hall–Kier alpha value is -2.52. The van der Waals surface area contributed by atoms with Crippen LogP contribution in [-0.4, -0.2) is 83.2 Å². The highest BCUT2D eigenvalue weighted by Crippen LogP contribution is 2.42. The van der Waals surface area contributed by atoms with Crippen LogP contribution >= 0.6 is 11.6 Å². The molecule has 3 heterocycles. The highest BCUT2D eigenvalue weighted by Gasteiger charge is 2.42. The number of aliphatic hydroxyl groups excluding tert-OH is 2. The highest BCUT2D eigenvalue weighted by molar-refractivity contribution is 6.30. The number of anilines is 1. The smallest absolute Gasteiger partial charge is 0.322 e. The fourth-order valence-corrected chi connectivity index (χ4v) is 5.37. The predicted octanol–water partition coefficient (Wildman–Crippen LogP) is 3.15. The number of carbonyl (C=O) groups is 1. The minimum absolute atomic E-state index is 0.122. The number of urea groups is 1. The van der Waals surface area contributed by atoms with E-state index in [1.165, 1.54) is 5.56 Å². The predicted molar refractivity (Wildman–Crippen MR) is 133 cm³/mol. The molecular formula is C26H32ClN3O5. The second-order valence-electron chi connectivity index (χ2n) is 9.79. The number of para-hydroxylation sites is 2. The number of fused-ring (bicyclic) bond motifs is 1. The lowest BCUT2D eigenvalue weighted by Gasteiger charge is -2.39. The van der Waals surface area contributed by atoms with E-state index in [4.69, 9.17) is 21.1 Å². The van der Waals surface area contributed by atoms with Gasteiger partial charge in [0.1, 0.15) is 29.8 Å². The van der Waals surface area contributed by atoms with Gasteiger partial charge in [0, 0.05) is 57.0 Å². The molecule has 0 saturated carbocycles. The monoisotopic (exact) mass is 501 g/mol. The van der Waals surface area contributed by atoms with Crippen LogP contribution in [0.3, 0.4) is 0 Å². The lowest BCUT2D eigenvalue weighted by molar-refractivity contribution is -0.00191. The molecule has 0 unspecified atom stereocenters. The topological polar surface area (TPSA) is 94.5 Å². The fraction of sp³-hybridized carbons (Fsp3) is 0.500. The van der Waals surface area contributed by atoms with Gasteiger partial charge in [-0.3, -0.25) is 0 Å². The molecule has 2 saturated heterocycles. The summed E-state index contributed by atoms with van der Waals surface area (Å²) in [6.07, 6.45) is 2.12. The van der Waals surface area contributed by atoms with Gasteiger partial charge < -0.3 is 34.8 Å². The molecule has 8 nitrogen and oxygen atoms in total. The number of aliphatic hydroxyl groups is 2. The Morgan fingerprint density at radius 2 is 2.03 bits per heavy atom. The number of β-amino-alcohol motifs (C(OH)–C–C–N with tert-alkyl or cyclic N) is 2. The standard InChI is InChI=1S/C26H32ClN3O5/c27-19-5-6-23-18(13-19)14-26(35-23)8-11-29(12-9-26)15-21(32)17-34-24-4-2-1-3-22(24)28-25(33)30-10-7-20(31)16-30/h1-6,13,20-21,31-32H,7-12,14-17H2,(H,28,33)/t20-,21+/m0/s1. The minimum Gasteiger partial charge on any atom is -0.489 e. The van der Waals surface area contributed by atoms with Gasteiger partial charge in [0.05, 0.1) is 11.8 Å². The Kier molecular flexibility index (Phi) is 7.07. The maximum atomic E-state index is 12.5. The quantitative estimate of drug-likeness (QED) is 0.563. The van der Waals surface area contributed by atoms with Crippen LogP contribution in [0.15, 0.2) is 42.5 Å². The van der Waals surface area contributed by atoms with Crippen molar-refractivity contribution in [2.45, 2.75) is 43.5 Å². The number of amides is 2. The molecule has 1 spiro atoms. The van der Waals surface area contributed by atoms with Crippen LogP contribution < -0.4 is 14.8 Å². The molecule has 188 valence electrons. The molecule has 2 aromatic carbocycles. The van der Waals surface area contributed by atoms with Crippen molar-refractivity contribution in [3.8, 4) is 11.5 Å². The summed E-state index contributed by atoms with van der Waals surface area (Å²) < 4.78 is 12.2. The minimum atomic E-state index is -0.665. The molecule has 0 aromatic heterocycles. The van der Waals surface area contributed by atoms with E-state index in [9.17, 15) is 15.0 Å². The summed E-state index contributed by atoms with van der Waals surface area (Å²) in [6, 6.07) is 12.7. The van der Waals surface area contributed by atoms with E-state index >= 15 is 0 Å². The molecule has 0 bridgehead atoms. The summed E-state index contributed by atoms with van der Waals surface area (Å²) in [5.74, 6) is 1.44. The first kappa shape index (κ1) is 24.2. The zero-order valence-electron chi connectivity index (χ0n) is 19.7. The average Bonchev–Trinajstić information content (AvgIpc) is 3.43. The zero-order chi connectivity index (χ0) is 24.4.